The number of hydrogen-bond donors (Lipinski definition) is 1. The minimum absolute atomic E-state index is 0.0943. The molecule has 0 saturated carbocycles. The van der Waals surface area contributed by atoms with Crippen LogP contribution in [0, 0.1) is 20.8 Å². The fraction of sp³-hybridized carbons (Fsp3) is 0.190. The van der Waals surface area contributed by atoms with Gasteiger partial charge in [-0.1, -0.05) is 23.5 Å². The number of rotatable bonds is 4. The lowest BCUT2D eigenvalue weighted by Crippen LogP contribution is -2.15. The summed E-state index contributed by atoms with van der Waals surface area (Å²) in [5.74, 6) is 0.0467. The third-order valence-electron chi connectivity index (χ3n) is 4.60. The van der Waals surface area contributed by atoms with Gasteiger partial charge in [-0.15, -0.1) is 0 Å². The lowest BCUT2D eigenvalue weighted by molar-refractivity contribution is 0.102. The van der Waals surface area contributed by atoms with Gasteiger partial charge in [0.2, 0.25) is 5.13 Å². The van der Waals surface area contributed by atoms with Crippen molar-refractivity contribution in [1.29, 1.82) is 0 Å². The number of thiazole rings is 1. The van der Waals surface area contributed by atoms with Crippen molar-refractivity contribution in [3.8, 4) is 5.13 Å². The maximum absolute atomic E-state index is 12.8. The minimum Gasteiger partial charge on any atom is -0.306 e. The number of carbonyl (C=O) groups is 1. The largest absolute Gasteiger partial charge is 0.306 e. The number of nitrogens with zero attached hydrogens (tertiary/aromatic N) is 3. The highest BCUT2D eigenvalue weighted by Crippen LogP contribution is 2.30. The zero-order chi connectivity index (χ0) is 21.6. The van der Waals surface area contributed by atoms with Gasteiger partial charge >= 0.3 is 0 Å². The van der Waals surface area contributed by atoms with Crippen LogP contribution in [0.25, 0.3) is 15.3 Å². The molecule has 0 atom stereocenters. The summed E-state index contributed by atoms with van der Waals surface area (Å²) < 4.78 is 26.2. The van der Waals surface area contributed by atoms with Gasteiger partial charge in [0.1, 0.15) is 5.82 Å². The van der Waals surface area contributed by atoms with Crippen molar-refractivity contribution < 1.29 is 13.2 Å². The molecule has 0 unspecified atom stereocenters. The van der Waals surface area contributed by atoms with E-state index in [4.69, 9.17) is 4.98 Å². The second kappa shape index (κ2) is 7.33. The first-order chi connectivity index (χ1) is 14.1. The molecular weight excluding hydrogens is 420 g/mol. The van der Waals surface area contributed by atoms with E-state index in [-0.39, 0.29) is 10.5 Å². The molecule has 0 aliphatic rings. The average Bonchev–Trinajstić information content (AvgIpc) is 3.24. The summed E-state index contributed by atoms with van der Waals surface area (Å²) in [5.41, 5.74) is 4.12. The summed E-state index contributed by atoms with van der Waals surface area (Å²) in [6.45, 7) is 5.89. The minimum atomic E-state index is -3.41. The molecule has 0 bridgehead atoms. The molecule has 7 nitrogen and oxygen atoms in total. The SMILES string of the molecule is Cc1cc(C)c2nc(-n3nc(C)cc3NC(=O)c3cccc(S(C)(=O)=O)c3)sc2c1. The first-order valence-electron chi connectivity index (χ1n) is 9.18. The first-order valence-corrected chi connectivity index (χ1v) is 11.9. The normalized spacial score (nSPS) is 11.7. The number of amides is 1. The molecule has 0 aliphatic carbocycles. The molecule has 30 heavy (non-hydrogen) atoms. The van der Waals surface area contributed by atoms with Crippen LogP contribution < -0.4 is 5.32 Å². The molecule has 9 heteroatoms. The molecule has 2 aromatic heterocycles. The van der Waals surface area contributed by atoms with Gasteiger partial charge in [-0.2, -0.15) is 9.78 Å². The van der Waals surface area contributed by atoms with Gasteiger partial charge in [0, 0.05) is 17.9 Å². The summed E-state index contributed by atoms with van der Waals surface area (Å²) in [6.07, 6.45) is 1.11. The first kappa shape index (κ1) is 20.2. The topological polar surface area (TPSA) is 93.9 Å². The lowest BCUT2D eigenvalue weighted by atomic mass is 10.1. The molecule has 2 heterocycles. The summed E-state index contributed by atoms with van der Waals surface area (Å²) in [6, 6.07) is 11.9. The average molecular weight is 441 g/mol. The molecule has 154 valence electrons. The highest BCUT2D eigenvalue weighted by atomic mass is 32.2. The molecule has 1 amide bonds. The Balaban J connectivity index is 1.71. The number of benzene rings is 2. The van der Waals surface area contributed by atoms with Crippen LogP contribution in [0.2, 0.25) is 0 Å². The zero-order valence-corrected chi connectivity index (χ0v) is 18.6. The van der Waals surface area contributed by atoms with Crippen molar-refractivity contribution in [2.24, 2.45) is 0 Å². The summed E-state index contributed by atoms with van der Waals surface area (Å²) >= 11 is 1.49. The van der Waals surface area contributed by atoms with Gasteiger partial charge in [0.25, 0.3) is 5.91 Å². The molecule has 2 aromatic carbocycles. The summed E-state index contributed by atoms with van der Waals surface area (Å²) in [7, 11) is -3.41. The van der Waals surface area contributed by atoms with Crippen molar-refractivity contribution in [3.63, 3.8) is 0 Å². The van der Waals surface area contributed by atoms with E-state index in [1.165, 1.54) is 23.5 Å². The Kier molecular flexibility index (Phi) is 4.95. The smallest absolute Gasteiger partial charge is 0.256 e. The predicted octanol–water partition coefficient (Wildman–Crippen LogP) is 4.06. The monoisotopic (exact) mass is 440 g/mol. The molecule has 0 fully saturated rings. The number of carbonyl (C=O) groups excluding carboxylic acids is 1. The van der Waals surface area contributed by atoms with Crippen LogP contribution in [0.3, 0.4) is 0 Å². The Bertz CT molecular complexity index is 1400. The van der Waals surface area contributed by atoms with Gasteiger partial charge in [-0.3, -0.25) is 4.79 Å². The standard InChI is InChI=1S/C21H20N4O3S2/c1-12-8-13(2)19-17(9-12)29-21(23-19)25-18(10-14(3)24-25)22-20(26)15-6-5-7-16(11-15)30(4,27)28/h5-11H,1-4H3,(H,22,26). The van der Waals surface area contributed by atoms with E-state index < -0.39 is 15.7 Å². The molecular formula is C21H20N4O3S2. The quantitative estimate of drug-likeness (QED) is 0.516. The predicted molar refractivity (Wildman–Crippen MR) is 118 cm³/mol. The summed E-state index contributed by atoms with van der Waals surface area (Å²) in [4.78, 5) is 17.6. The Morgan fingerprint density at radius 1 is 1.10 bits per heavy atom. The van der Waals surface area contributed by atoms with Crippen LogP contribution >= 0.6 is 11.3 Å². The van der Waals surface area contributed by atoms with Crippen molar-refractivity contribution in [3.05, 3.63) is 64.8 Å². The fourth-order valence-electron chi connectivity index (χ4n) is 3.24. The number of sulfone groups is 1. The number of anilines is 1. The summed E-state index contributed by atoms with van der Waals surface area (Å²) in [5, 5.41) is 7.96. The number of nitrogens with one attached hydrogen (secondary N) is 1. The third kappa shape index (κ3) is 3.86. The highest BCUT2D eigenvalue weighted by molar-refractivity contribution is 7.90. The van der Waals surface area contributed by atoms with E-state index in [0.29, 0.717) is 10.9 Å². The van der Waals surface area contributed by atoms with Crippen LogP contribution in [-0.2, 0) is 9.84 Å². The maximum Gasteiger partial charge on any atom is 0.256 e. The molecule has 1 N–H and O–H groups in total. The van der Waals surface area contributed by atoms with Crippen molar-refractivity contribution in [2.45, 2.75) is 25.7 Å². The molecule has 0 saturated heterocycles. The van der Waals surface area contributed by atoms with E-state index in [9.17, 15) is 13.2 Å². The van der Waals surface area contributed by atoms with E-state index >= 15 is 0 Å². The zero-order valence-electron chi connectivity index (χ0n) is 16.9. The van der Waals surface area contributed by atoms with Gasteiger partial charge < -0.3 is 5.32 Å². The Morgan fingerprint density at radius 3 is 2.60 bits per heavy atom. The van der Waals surface area contributed by atoms with Crippen molar-refractivity contribution >= 4 is 43.1 Å². The van der Waals surface area contributed by atoms with Crippen LogP contribution in [-0.4, -0.2) is 35.3 Å². The van der Waals surface area contributed by atoms with Crippen LogP contribution in [0.4, 0.5) is 5.82 Å². The third-order valence-corrected chi connectivity index (χ3v) is 6.69. The van der Waals surface area contributed by atoms with E-state index in [2.05, 4.69) is 22.5 Å². The fourth-order valence-corrected chi connectivity index (χ4v) is 5.01. The van der Waals surface area contributed by atoms with Crippen LogP contribution in [0.15, 0.2) is 47.4 Å². The second-order valence-electron chi connectivity index (χ2n) is 7.26. The van der Waals surface area contributed by atoms with E-state index in [1.807, 2.05) is 20.8 Å². The van der Waals surface area contributed by atoms with Gasteiger partial charge in [-0.05, 0) is 56.2 Å². The molecule has 4 aromatic rings. The highest BCUT2D eigenvalue weighted by Gasteiger charge is 2.17. The molecule has 4 rings (SSSR count). The van der Waals surface area contributed by atoms with Gasteiger partial charge in [-0.25, -0.2) is 13.4 Å². The van der Waals surface area contributed by atoms with Crippen molar-refractivity contribution in [2.75, 3.05) is 11.6 Å². The van der Waals surface area contributed by atoms with E-state index in [0.717, 1.165) is 33.3 Å². The maximum atomic E-state index is 12.8. The number of hydrogen-bond acceptors (Lipinski definition) is 6. The Labute approximate surface area is 178 Å². The Hall–Kier alpha value is -3.04. The van der Waals surface area contributed by atoms with Gasteiger partial charge in [0.05, 0.1) is 20.8 Å². The van der Waals surface area contributed by atoms with Gasteiger partial charge in [0.15, 0.2) is 9.84 Å². The van der Waals surface area contributed by atoms with Crippen LogP contribution in [0.5, 0.6) is 0 Å². The number of aryl methyl sites for hydroxylation is 3. The lowest BCUT2D eigenvalue weighted by Gasteiger charge is -2.07. The second-order valence-corrected chi connectivity index (χ2v) is 10.3. The molecule has 0 radical (unpaired) electrons. The molecule has 0 spiro atoms. The van der Waals surface area contributed by atoms with Crippen LogP contribution in [0.1, 0.15) is 27.2 Å². The van der Waals surface area contributed by atoms with E-state index in [1.54, 1.807) is 22.9 Å². The van der Waals surface area contributed by atoms with Crippen molar-refractivity contribution in [1.82, 2.24) is 14.8 Å². The number of aromatic nitrogens is 3. The Morgan fingerprint density at radius 2 is 1.87 bits per heavy atom. The number of fused-ring (bicyclic) bond motifs is 1. The molecule has 0 aliphatic heterocycles.